The van der Waals surface area contributed by atoms with E-state index in [1.807, 2.05) is 35.2 Å². The zero-order chi connectivity index (χ0) is 20.0. The zero-order valence-corrected chi connectivity index (χ0v) is 15.8. The fourth-order valence-electron chi connectivity index (χ4n) is 2.78. The van der Waals surface area contributed by atoms with Crippen LogP contribution in [0.2, 0.25) is 0 Å². The van der Waals surface area contributed by atoms with Gasteiger partial charge in [-0.15, -0.1) is 10.2 Å². The summed E-state index contributed by atoms with van der Waals surface area (Å²) < 4.78 is 37.5. The van der Waals surface area contributed by atoms with Gasteiger partial charge in [-0.3, -0.25) is 19.9 Å². The van der Waals surface area contributed by atoms with E-state index in [1.54, 1.807) is 0 Å². The van der Waals surface area contributed by atoms with Crippen molar-refractivity contribution in [1.82, 2.24) is 20.0 Å². The molecule has 0 saturated carbocycles. The van der Waals surface area contributed by atoms with Crippen molar-refractivity contribution >= 4 is 28.5 Å². The minimum atomic E-state index is -4.55. The van der Waals surface area contributed by atoms with Gasteiger partial charge in [-0.2, -0.15) is 13.2 Å². The summed E-state index contributed by atoms with van der Waals surface area (Å²) in [6.45, 7) is 4.04. The lowest BCUT2D eigenvalue weighted by atomic mass is 10.2. The molecule has 0 radical (unpaired) electrons. The van der Waals surface area contributed by atoms with Crippen molar-refractivity contribution in [2.75, 3.05) is 44.6 Å². The molecule has 0 spiro atoms. The molecular weight excluding hydrogens is 391 g/mol. The predicted molar refractivity (Wildman–Crippen MR) is 102 cm³/mol. The standard InChI is InChI=1S/C18H20F3N5OS/c19-18(20,21)16-23-24-17(28-16)22-15(27)13-26-11-9-25(10-12-26)8-4-7-14-5-2-1-3-6-14/h1-7H,8-13H2,(H,22,24,27). The van der Waals surface area contributed by atoms with Crippen molar-refractivity contribution in [3.8, 4) is 0 Å². The van der Waals surface area contributed by atoms with E-state index >= 15 is 0 Å². The highest BCUT2D eigenvalue weighted by atomic mass is 32.1. The van der Waals surface area contributed by atoms with Crippen LogP contribution in [0.5, 0.6) is 0 Å². The van der Waals surface area contributed by atoms with E-state index in [1.165, 1.54) is 0 Å². The number of carbonyl (C=O) groups excluding carboxylic acids is 1. The van der Waals surface area contributed by atoms with E-state index in [0.717, 1.165) is 38.3 Å². The molecule has 1 aliphatic rings. The van der Waals surface area contributed by atoms with Gasteiger partial charge in [0.05, 0.1) is 6.54 Å². The minimum Gasteiger partial charge on any atom is -0.299 e. The number of anilines is 1. The molecule has 1 aliphatic heterocycles. The first-order valence-electron chi connectivity index (χ1n) is 8.77. The number of hydrogen-bond donors (Lipinski definition) is 1. The van der Waals surface area contributed by atoms with Gasteiger partial charge in [-0.05, 0) is 5.56 Å². The number of nitrogens with one attached hydrogen (secondary N) is 1. The molecule has 1 N–H and O–H groups in total. The summed E-state index contributed by atoms with van der Waals surface area (Å²) in [6.07, 6.45) is -0.353. The molecule has 1 fully saturated rings. The Bertz CT molecular complexity index is 801. The number of piperazine rings is 1. The van der Waals surface area contributed by atoms with E-state index in [0.29, 0.717) is 11.3 Å². The third kappa shape index (κ3) is 6.11. The zero-order valence-electron chi connectivity index (χ0n) is 15.0. The molecule has 1 amide bonds. The van der Waals surface area contributed by atoms with Gasteiger partial charge in [0.1, 0.15) is 0 Å². The largest absolute Gasteiger partial charge is 0.445 e. The highest BCUT2D eigenvalue weighted by molar-refractivity contribution is 7.15. The molecule has 2 aromatic rings. The molecule has 0 bridgehead atoms. The highest BCUT2D eigenvalue weighted by Gasteiger charge is 2.35. The lowest BCUT2D eigenvalue weighted by Gasteiger charge is -2.33. The van der Waals surface area contributed by atoms with Gasteiger partial charge in [0, 0.05) is 32.7 Å². The van der Waals surface area contributed by atoms with Gasteiger partial charge in [0.15, 0.2) is 0 Å². The fourth-order valence-corrected chi connectivity index (χ4v) is 3.41. The lowest BCUT2D eigenvalue weighted by molar-refractivity contribution is -0.138. The van der Waals surface area contributed by atoms with Crippen molar-refractivity contribution in [2.45, 2.75) is 6.18 Å². The molecule has 6 nitrogen and oxygen atoms in total. The van der Waals surface area contributed by atoms with Crippen molar-refractivity contribution in [3.05, 3.63) is 47.0 Å². The molecule has 150 valence electrons. The molecule has 28 heavy (non-hydrogen) atoms. The number of benzene rings is 1. The molecule has 0 atom stereocenters. The molecule has 1 saturated heterocycles. The summed E-state index contributed by atoms with van der Waals surface area (Å²) >= 11 is 0.324. The number of rotatable bonds is 6. The van der Waals surface area contributed by atoms with Crippen LogP contribution in [0, 0.1) is 0 Å². The monoisotopic (exact) mass is 411 g/mol. The number of halogens is 3. The van der Waals surface area contributed by atoms with Crippen LogP contribution in [0.15, 0.2) is 36.4 Å². The smallest absolute Gasteiger partial charge is 0.299 e. The normalized spacial score (nSPS) is 16.5. The van der Waals surface area contributed by atoms with E-state index in [4.69, 9.17) is 0 Å². The average Bonchev–Trinajstić information content (AvgIpc) is 3.13. The van der Waals surface area contributed by atoms with Crippen LogP contribution in [-0.2, 0) is 11.0 Å². The van der Waals surface area contributed by atoms with Crippen molar-refractivity contribution in [2.24, 2.45) is 0 Å². The molecule has 2 heterocycles. The Morgan fingerprint density at radius 1 is 1.11 bits per heavy atom. The van der Waals surface area contributed by atoms with Crippen LogP contribution in [0.1, 0.15) is 10.6 Å². The number of amides is 1. The molecular formula is C18H20F3N5OS. The van der Waals surface area contributed by atoms with Gasteiger partial charge in [-0.25, -0.2) is 0 Å². The summed E-state index contributed by atoms with van der Waals surface area (Å²) in [7, 11) is 0. The molecule has 10 heteroatoms. The van der Waals surface area contributed by atoms with E-state index in [2.05, 4.69) is 32.6 Å². The number of aromatic nitrogens is 2. The predicted octanol–water partition coefficient (Wildman–Crippen LogP) is 2.83. The van der Waals surface area contributed by atoms with Crippen LogP contribution in [0.4, 0.5) is 18.3 Å². The number of alkyl halides is 3. The summed E-state index contributed by atoms with van der Waals surface area (Å²) in [5.74, 6) is -0.387. The topological polar surface area (TPSA) is 61.4 Å². The second kappa shape index (κ2) is 9.26. The Hall–Kier alpha value is -2.30. The van der Waals surface area contributed by atoms with Gasteiger partial charge < -0.3 is 0 Å². The third-order valence-electron chi connectivity index (χ3n) is 4.22. The van der Waals surface area contributed by atoms with Crippen LogP contribution in [-0.4, -0.2) is 65.2 Å². The van der Waals surface area contributed by atoms with Crippen LogP contribution in [0.3, 0.4) is 0 Å². The molecule has 0 aliphatic carbocycles. The Kier molecular flexibility index (Phi) is 6.76. The van der Waals surface area contributed by atoms with E-state index < -0.39 is 11.2 Å². The first kappa shape index (κ1) is 20.4. The highest BCUT2D eigenvalue weighted by Crippen LogP contribution is 2.32. The Morgan fingerprint density at radius 3 is 2.43 bits per heavy atom. The Balaban J connectivity index is 1.38. The van der Waals surface area contributed by atoms with Crippen LogP contribution in [0.25, 0.3) is 6.08 Å². The maximum Gasteiger partial charge on any atom is 0.445 e. The first-order chi connectivity index (χ1) is 13.4. The van der Waals surface area contributed by atoms with Crippen LogP contribution < -0.4 is 5.32 Å². The molecule has 0 unspecified atom stereocenters. The Morgan fingerprint density at radius 2 is 1.79 bits per heavy atom. The number of hydrogen-bond acceptors (Lipinski definition) is 6. The summed E-state index contributed by atoms with van der Waals surface area (Å²) in [5, 5.41) is 7.60. The second-order valence-corrected chi connectivity index (χ2v) is 7.33. The maximum absolute atomic E-state index is 12.5. The quantitative estimate of drug-likeness (QED) is 0.792. The second-order valence-electron chi connectivity index (χ2n) is 6.35. The van der Waals surface area contributed by atoms with Gasteiger partial charge in [0.25, 0.3) is 0 Å². The first-order valence-corrected chi connectivity index (χ1v) is 9.58. The van der Waals surface area contributed by atoms with Crippen LogP contribution >= 0.6 is 11.3 Å². The summed E-state index contributed by atoms with van der Waals surface area (Å²) in [4.78, 5) is 16.3. The SMILES string of the molecule is O=C(CN1CCN(CC=Cc2ccccc2)CC1)Nc1nnc(C(F)(F)F)s1. The number of nitrogens with zero attached hydrogens (tertiary/aromatic N) is 4. The van der Waals surface area contributed by atoms with Gasteiger partial charge >= 0.3 is 6.18 Å². The number of carbonyl (C=O) groups is 1. The van der Waals surface area contributed by atoms with Crippen molar-refractivity contribution in [1.29, 1.82) is 0 Å². The maximum atomic E-state index is 12.5. The van der Waals surface area contributed by atoms with Gasteiger partial charge in [0.2, 0.25) is 16.0 Å². The molecule has 1 aromatic heterocycles. The van der Waals surface area contributed by atoms with Crippen molar-refractivity contribution in [3.63, 3.8) is 0 Å². The van der Waals surface area contributed by atoms with E-state index in [-0.39, 0.29) is 17.6 Å². The fraction of sp³-hybridized carbons (Fsp3) is 0.389. The molecule has 3 rings (SSSR count). The summed E-state index contributed by atoms with van der Waals surface area (Å²) in [5.41, 5.74) is 1.16. The van der Waals surface area contributed by atoms with E-state index in [9.17, 15) is 18.0 Å². The lowest BCUT2D eigenvalue weighted by Crippen LogP contribution is -2.48. The summed E-state index contributed by atoms with van der Waals surface area (Å²) in [6, 6.07) is 10.1. The minimum absolute atomic E-state index is 0.120. The third-order valence-corrected chi connectivity index (χ3v) is 5.10. The average molecular weight is 411 g/mol. The molecule has 1 aromatic carbocycles. The Labute approximate surface area is 164 Å². The van der Waals surface area contributed by atoms with Gasteiger partial charge in [-0.1, -0.05) is 53.8 Å². The van der Waals surface area contributed by atoms with Crippen molar-refractivity contribution < 1.29 is 18.0 Å².